The Morgan fingerprint density at radius 1 is 1.32 bits per heavy atom. The third-order valence-electron chi connectivity index (χ3n) is 4.07. The van der Waals surface area contributed by atoms with E-state index >= 15 is 0 Å². The molecule has 0 saturated heterocycles. The predicted molar refractivity (Wildman–Crippen MR) is 108 cm³/mol. The molecule has 0 aliphatic heterocycles. The fourth-order valence-electron chi connectivity index (χ4n) is 2.63. The van der Waals surface area contributed by atoms with Crippen LogP contribution in [0.1, 0.15) is 30.6 Å². The summed E-state index contributed by atoms with van der Waals surface area (Å²) >= 11 is 1.21. The molecule has 1 atom stereocenters. The van der Waals surface area contributed by atoms with Crippen LogP contribution in [0.25, 0.3) is 10.9 Å². The number of methoxy groups -OCH3 is 2. The van der Waals surface area contributed by atoms with Crippen LogP contribution in [0.4, 0.5) is 0 Å². The molecular weight excluding hydrogens is 382 g/mol. The number of nitrogens with one attached hydrogen (secondary N) is 1. The van der Waals surface area contributed by atoms with E-state index in [4.69, 9.17) is 9.47 Å². The van der Waals surface area contributed by atoms with E-state index in [0.29, 0.717) is 47.7 Å². The number of amides is 1. The zero-order valence-corrected chi connectivity index (χ0v) is 17.3. The van der Waals surface area contributed by atoms with Crippen molar-refractivity contribution in [2.45, 2.75) is 37.2 Å². The second kappa shape index (κ2) is 10.2. The SMILES string of the molecule is CCNC(=O)[C@H](C)Sc1nc2cc(C(=O)OC)ccc2c(=O)n1CCCOC. The molecule has 0 radical (unpaired) electrons. The quantitative estimate of drug-likeness (QED) is 0.293. The summed E-state index contributed by atoms with van der Waals surface area (Å²) in [6, 6.07) is 4.65. The Morgan fingerprint density at radius 2 is 2.07 bits per heavy atom. The first-order chi connectivity index (χ1) is 13.4. The van der Waals surface area contributed by atoms with Gasteiger partial charge in [-0.1, -0.05) is 11.8 Å². The van der Waals surface area contributed by atoms with Crippen molar-refractivity contribution in [3.05, 3.63) is 34.1 Å². The van der Waals surface area contributed by atoms with Crippen LogP contribution in [-0.2, 0) is 20.8 Å². The van der Waals surface area contributed by atoms with Gasteiger partial charge in [-0.15, -0.1) is 0 Å². The molecule has 0 bridgehead atoms. The Bertz CT molecular complexity index is 912. The van der Waals surface area contributed by atoms with Gasteiger partial charge in [-0.05, 0) is 38.5 Å². The van der Waals surface area contributed by atoms with Crippen molar-refractivity contribution in [3.8, 4) is 0 Å². The number of aromatic nitrogens is 2. The smallest absolute Gasteiger partial charge is 0.337 e. The zero-order valence-electron chi connectivity index (χ0n) is 16.5. The van der Waals surface area contributed by atoms with Crippen LogP contribution in [-0.4, -0.2) is 54.0 Å². The van der Waals surface area contributed by atoms with E-state index in [0.717, 1.165) is 0 Å². The van der Waals surface area contributed by atoms with Crippen molar-refractivity contribution in [3.63, 3.8) is 0 Å². The van der Waals surface area contributed by atoms with Crippen molar-refractivity contribution < 1.29 is 19.1 Å². The van der Waals surface area contributed by atoms with Crippen LogP contribution in [0, 0.1) is 0 Å². The molecule has 0 unspecified atom stereocenters. The average Bonchev–Trinajstić information content (AvgIpc) is 2.69. The molecule has 2 aromatic rings. The fraction of sp³-hybridized carbons (Fsp3) is 0.474. The lowest BCUT2D eigenvalue weighted by Crippen LogP contribution is -2.32. The molecule has 0 saturated carbocycles. The number of carbonyl (C=O) groups is 2. The summed E-state index contributed by atoms with van der Waals surface area (Å²) in [4.78, 5) is 41.5. The number of benzene rings is 1. The summed E-state index contributed by atoms with van der Waals surface area (Å²) in [6.07, 6.45) is 0.632. The van der Waals surface area contributed by atoms with Crippen molar-refractivity contribution in [1.29, 1.82) is 0 Å². The van der Waals surface area contributed by atoms with E-state index in [9.17, 15) is 14.4 Å². The minimum Gasteiger partial charge on any atom is -0.465 e. The number of nitrogens with zero attached hydrogens (tertiary/aromatic N) is 2. The minimum absolute atomic E-state index is 0.131. The summed E-state index contributed by atoms with van der Waals surface area (Å²) in [6.45, 7) is 5.05. The number of hydrogen-bond acceptors (Lipinski definition) is 7. The maximum atomic E-state index is 13.0. The Labute approximate surface area is 167 Å². The topological polar surface area (TPSA) is 99.5 Å². The lowest BCUT2D eigenvalue weighted by atomic mass is 10.1. The number of ether oxygens (including phenoxy) is 2. The first-order valence-corrected chi connectivity index (χ1v) is 9.87. The van der Waals surface area contributed by atoms with Crippen molar-refractivity contribution >= 4 is 34.5 Å². The lowest BCUT2D eigenvalue weighted by Gasteiger charge is -2.16. The molecular formula is C19H25N3O5S. The highest BCUT2D eigenvalue weighted by Crippen LogP contribution is 2.23. The highest BCUT2D eigenvalue weighted by molar-refractivity contribution is 8.00. The third-order valence-corrected chi connectivity index (χ3v) is 5.16. The Morgan fingerprint density at radius 3 is 2.71 bits per heavy atom. The molecule has 1 heterocycles. The van der Waals surface area contributed by atoms with Crippen LogP contribution < -0.4 is 10.9 Å². The first kappa shape index (κ1) is 21.9. The fourth-order valence-corrected chi connectivity index (χ4v) is 3.59. The maximum absolute atomic E-state index is 13.0. The highest BCUT2D eigenvalue weighted by atomic mass is 32.2. The van der Waals surface area contributed by atoms with E-state index < -0.39 is 11.2 Å². The number of fused-ring (bicyclic) bond motifs is 1. The number of esters is 1. The van der Waals surface area contributed by atoms with Gasteiger partial charge in [0, 0.05) is 26.8 Å². The van der Waals surface area contributed by atoms with Crippen molar-refractivity contribution in [1.82, 2.24) is 14.9 Å². The summed E-state index contributed by atoms with van der Waals surface area (Å²) < 4.78 is 11.4. The van der Waals surface area contributed by atoms with Gasteiger partial charge in [-0.25, -0.2) is 9.78 Å². The Kier molecular flexibility index (Phi) is 8.01. The van der Waals surface area contributed by atoms with Gasteiger partial charge in [0.25, 0.3) is 5.56 Å². The minimum atomic E-state index is -0.502. The van der Waals surface area contributed by atoms with E-state index in [1.807, 2.05) is 6.92 Å². The second-order valence-electron chi connectivity index (χ2n) is 6.08. The molecule has 152 valence electrons. The molecule has 1 amide bonds. The van der Waals surface area contributed by atoms with Crippen LogP contribution in [0.2, 0.25) is 0 Å². The Balaban J connectivity index is 2.51. The number of rotatable bonds is 9. The van der Waals surface area contributed by atoms with E-state index in [1.54, 1.807) is 30.7 Å². The summed E-state index contributed by atoms with van der Waals surface area (Å²) in [5.41, 5.74) is 0.483. The van der Waals surface area contributed by atoms with Crippen LogP contribution in [0.5, 0.6) is 0 Å². The highest BCUT2D eigenvalue weighted by Gasteiger charge is 2.19. The van der Waals surface area contributed by atoms with Gasteiger partial charge in [0.2, 0.25) is 5.91 Å². The number of thioether (sulfide) groups is 1. The van der Waals surface area contributed by atoms with Gasteiger partial charge in [-0.2, -0.15) is 0 Å². The molecule has 1 N–H and O–H groups in total. The van der Waals surface area contributed by atoms with Gasteiger partial charge < -0.3 is 14.8 Å². The number of carbonyl (C=O) groups excluding carboxylic acids is 2. The molecule has 0 fully saturated rings. The third kappa shape index (κ3) is 5.11. The summed E-state index contributed by atoms with van der Waals surface area (Å²) in [5, 5.41) is 3.16. The Hall–Kier alpha value is -2.39. The van der Waals surface area contributed by atoms with E-state index in [2.05, 4.69) is 10.3 Å². The van der Waals surface area contributed by atoms with Gasteiger partial charge >= 0.3 is 5.97 Å². The molecule has 1 aromatic carbocycles. The van der Waals surface area contributed by atoms with Crippen LogP contribution in [0.15, 0.2) is 28.2 Å². The second-order valence-corrected chi connectivity index (χ2v) is 7.38. The molecule has 2 rings (SSSR count). The molecule has 0 aliphatic carbocycles. The number of hydrogen-bond donors (Lipinski definition) is 1. The van der Waals surface area contributed by atoms with Crippen LogP contribution in [0.3, 0.4) is 0 Å². The monoisotopic (exact) mass is 407 g/mol. The van der Waals surface area contributed by atoms with Crippen LogP contribution >= 0.6 is 11.8 Å². The van der Waals surface area contributed by atoms with E-state index in [-0.39, 0.29) is 11.5 Å². The van der Waals surface area contributed by atoms with Gasteiger partial charge in [0.1, 0.15) is 0 Å². The predicted octanol–water partition coefficient (Wildman–Crippen LogP) is 1.84. The first-order valence-electron chi connectivity index (χ1n) is 8.99. The lowest BCUT2D eigenvalue weighted by molar-refractivity contribution is -0.120. The molecule has 1 aromatic heterocycles. The molecule has 28 heavy (non-hydrogen) atoms. The maximum Gasteiger partial charge on any atom is 0.337 e. The van der Waals surface area contributed by atoms with Crippen molar-refractivity contribution in [2.75, 3.05) is 27.4 Å². The normalized spacial score (nSPS) is 12.0. The largest absolute Gasteiger partial charge is 0.465 e. The molecule has 0 spiro atoms. The van der Waals surface area contributed by atoms with Gasteiger partial charge in [0.05, 0.1) is 28.8 Å². The van der Waals surface area contributed by atoms with Gasteiger partial charge in [-0.3, -0.25) is 14.2 Å². The van der Waals surface area contributed by atoms with Crippen molar-refractivity contribution in [2.24, 2.45) is 0 Å². The standard InChI is InChI=1S/C19H25N3O5S/c1-5-20-16(23)12(2)28-19-21-15-11-13(18(25)27-4)7-8-14(15)17(24)22(19)9-6-10-26-3/h7-8,11-12H,5-6,9-10H2,1-4H3,(H,20,23)/t12-/m0/s1. The summed E-state index contributed by atoms with van der Waals surface area (Å²) in [7, 11) is 2.89. The van der Waals surface area contributed by atoms with Gasteiger partial charge in [0.15, 0.2) is 5.16 Å². The molecule has 8 nitrogen and oxygen atoms in total. The molecule has 9 heteroatoms. The van der Waals surface area contributed by atoms with E-state index in [1.165, 1.54) is 24.9 Å². The zero-order chi connectivity index (χ0) is 20.7. The summed E-state index contributed by atoms with van der Waals surface area (Å²) in [5.74, 6) is -0.633. The average molecular weight is 407 g/mol. The molecule has 0 aliphatic rings.